The van der Waals surface area contributed by atoms with Gasteiger partial charge in [-0.05, 0) is 19.9 Å². The largest absolute Gasteiger partial charge is 0.479 e. The number of hydrogen-bond acceptors (Lipinski definition) is 2. The molecule has 0 aliphatic carbocycles. The SMILES string of the molecule is CC=C1OC(C)C1=O. The van der Waals surface area contributed by atoms with Crippen LogP contribution in [0.2, 0.25) is 0 Å². The summed E-state index contributed by atoms with van der Waals surface area (Å²) in [5, 5.41) is 0. The molecular weight excluding hydrogens is 104 g/mol. The van der Waals surface area contributed by atoms with E-state index in [9.17, 15) is 4.79 Å². The van der Waals surface area contributed by atoms with E-state index in [0.717, 1.165) is 0 Å². The average molecular weight is 112 g/mol. The third-order valence-corrected chi connectivity index (χ3v) is 1.18. The van der Waals surface area contributed by atoms with Gasteiger partial charge in [-0.3, -0.25) is 4.79 Å². The number of Topliss-reactive ketones (excluding diaryl/α,β-unsaturated/α-hetero) is 1. The molecule has 1 atom stereocenters. The van der Waals surface area contributed by atoms with Gasteiger partial charge in [0, 0.05) is 0 Å². The topological polar surface area (TPSA) is 26.3 Å². The number of carbonyl (C=O) groups is 1. The van der Waals surface area contributed by atoms with Crippen LogP contribution in [-0.4, -0.2) is 11.9 Å². The highest BCUT2D eigenvalue weighted by Gasteiger charge is 2.30. The smallest absolute Gasteiger partial charge is 0.237 e. The van der Waals surface area contributed by atoms with Crippen LogP contribution in [0, 0.1) is 0 Å². The fraction of sp³-hybridized carbons (Fsp3) is 0.500. The molecule has 1 aliphatic heterocycles. The van der Waals surface area contributed by atoms with Crippen molar-refractivity contribution in [2.24, 2.45) is 0 Å². The van der Waals surface area contributed by atoms with Gasteiger partial charge in [0.2, 0.25) is 5.78 Å². The van der Waals surface area contributed by atoms with Crippen molar-refractivity contribution >= 4 is 5.78 Å². The van der Waals surface area contributed by atoms with Crippen molar-refractivity contribution in [1.29, 1.82) is 0 Å². The van der Waals surface area contributed by atoms with Gasteiger partial charge in [0.05, 0.1) is 0 Å². The maximum atomic E-state index is 10.6. The molecule has 0 aromatic rings. The Hall–Kier alpha value is -0.790. The zero-order chi connectivity index (χ0) is 6.15. The Morgan fingerprint density at radius 2 is 2.38 bits per heavy atom. The van der Waals surface area contributed by atoms with Gasteiger partial charge >= 0.3 is 0 Å². The molecule has 1 aliphatic rings. The highest BCUT2D eigenvalue weighted by molar-refractivity contribution is 6.01. The molecule has 2 heteroatoms. The monoisotopic (exact) mass is 112 g/mol. The summed E-state index contributed by atoms with van der Waals surface area (Å²) in [6, 6.07) is 0. The molecule has 0 aromatic carbocycles. The van der Waals surface area contributed by atoms with Gasteiger partial charge in [-0.15, -0.1) is 0 Å². The number of allylic oxidation sites excluding steroid dienone is 1. The first-order chi connectivity index (χ1) is 3.75. The van der Waals surface area contributed by atoms with E-state index >= 15 is 0 Å². The summed E-state index contributed by atoms with van der Waals surface area (Å²) in [6.07, 6.45) is 1.49. The van der Waals surface area contributed by atoms with E-state index < -0.39 is 0 Å². The first-order valence-corrected chi connectivity index (χ1v) is 2.63. The first kappa shape index (κ1) is 5.35. The second kappa shape index (κ2) is 1.62. The molecule has 1 saturated heterocycles. The van der Waals surface area contributed by atoms with Crippen LogP contribution in [0.5, 0.6) is 0 Å². The molecule has 1 unspecified atom stereocenters. The van der Waals surface area contributed by atoms with Crippen LogP contribution in [0.4, 0.5) is 0 Å². The fourth-order valence-corrected chi connectivity index (χ4v) is 0.655. The Balaban J connectivity index is 2.61. The lowest BCUT2D eigenvalue weighted by Crippen LogP contribution is -2.34. The minimum atomic E-state index is -0.193. The van der Waals surface area contributed by atoms with Gasteiger partial charge in [-0.1, -0.05) is 0 Å². The zero-order valence-electron chi connectivity index (χ0n) is 4.97. The Morgan fingerprint density at radius 3 is 2.50 bits per heavy atom. The first-order valence-electron chi connectivity index (χ1n) is 2.63. The number of rotatable bonds is 0. The van der Waals surface area contributed by atoms with Crippen molar-refractivity contribution < 1.29 is 9.53 Å². The van der Waals surface area contributed by atoms with Crippen LogP contribution in [0.15, 0.2) is 11.8 Å². The summed E-state index contributed by atoms with van der Waals surface area (Å²) in [7, 11) is 0. The van der Waals surface area contributed by atoms with E-state index in [1.54, 1.807) is 19.9 Å². The van der Waals surface area contributed by atoms with Crippen molar-refractivity contribution in [2.45, 2.75) is 20.0 Å². The highest BCUT2D eigenvalue weighted by atomic mass is 16.5. The molecule has 0 bridgehead atoms. The quantitative estimate of drug-likeness (QED) is 0.435. The lowest BCUT2D eigenvalue weighted by Gasteiger charge is -2.24. The Morgan fingerprint density at radius 1 is 1.75 bits per heavy atom. The molecule has 1 heterocycles. The molecule has 0 aromatic heterocycles. The second-order valence-electron chi connectivity index (χ2n) is 1.78. The molecule has 0 radical (unpaired) electrons. The van der Waals surface area contributed by atoms with Crippen molar-refractivity contribution in [3.05, 3.63) is 11.8 Å². The molecule has 1 rings (SSSR count). The predicted octanol–water partition coefficient (Wildman–Crippen LogP) is 0.878. The van der Waals surface area contributed by atoms with Crippen LogP contribution < -0.4 is 0 Å². The Bertz CT molecular complexity index is 147. The third kappa shape index (κ3) is 0.529. The number of carbonyl (C=O) groups excluding carboxylic acids is 1. The van der Waals surface area contributed by atoms with E-state index in [0.29, 0.717) is 5.76 Å². The van der Waals surface area contributed by atoms with Crippen LogP contribution in [-0.2, 0) is 9.53 Å². The van der Waals surface area contributed by atoms with Gasteiger partial charge in [0.1, 0.15) is 0 Å². The third-order valence-electron chi connectivity index (χ3n) is 1.18. The number of hydrogen-bond donors (Lipinski definition) is 0. The lowest BCUT2D eigenvalue weighted by molar-refractivity contribution is -0.139. The maximum absolute atomic E-state index is 10.6. The summed E-state index contributed by atoms with van der Waals surface area (Å²) < 4.78 is 4.91. The van der Waals surface area contributed by atoms with Crippen LogP contribution in [0.25, 0.3) is 0 Å². The molecular formula is C6H8O2. The molecule has 0 saturated carbocycles. The van der Waals surface area contributed by atoms with E-state index in [2.05, 4.69) is 0 Å². The van der Waals surface area contributed by atoms with E-state index in [1.165, 1.54) is 0 Å². The van der Waals surface area contributed by atoms with Gasteiger partial charge in [-0.25, -0.2) is 0 Å². The summed E-state index contributed by atoms with van der Waals surface area (Å²) >= 11 is 0. The minimum Gasteiger partial charge on any atom is -0.479 e. The van der Waals surface area contributed by atoms with Crippen LogP contribution in [0.1, 0.15) is 13.8 Å². The molecule has 0 amide bonds. The number of ketones is 1. The van der Waals surface area contributed by atoms with Gasteiger partial charge in [0.25, 0.3) is 0 Å². The molecule has 0 spiro atoms. The summed E-state index contributed by atoms with van der Waals surface area (Å²) in [5.41, 5.74) is 0. The molecule has 44 valence electrons. The predicted molar refractivity (Wildman–Crippen MR) is 29.3 cm³/mol. The van der Waals surface area contributed by atoms with Gasteiger partial charge in [0.15, 0.2) is 11.9 Å². The molecule has 0 N–H and O–H groups in total. The molecule has 8 heavy (non-hydrogen) atoms. The number of ether oxygens (including phenoxy) is 1. The van der Waals surface area contributed by atoms with E-state index in [4.69, 9.17) is 4.74 Å². The lowest BCUT2D eigenvalue weighted by atomic mass is 10.1. The van der Waals surface area contributed by atoms with Crippen molar-refractivity contribution in [2.75, 3.05) is 0 Å². The Labute approximate surface area is 48.1 Å². The summed E-state index contributed by atoms with van der Waals surface area (Å²) in [5.74, 6) is 0.630. The van der Waals surface area contributed by atoms with Gasteiger partial charge < -0.3 is 4.74 Å². The Kier molecular flexibility index (Phi) is 1.08. The average Bonchev–Trinajstić information content (AvgIpc) is 1.81. The second-order valence-corrected chi connectivity index (χ2v) is 1.78. The minimum absolute atomic E-state index is 0.118. The van der Waals surface area contributed by atoms with E-state index in [1.807, 2.05) is 0 Å². The van der Waals surface area contributed by atoms with Crippen molar-refractivity contribution in [3.63, 3.8) is 0 Å². The van der Waals surface area contributed by atoms with Crippen LogP contribution in [0.3, 0.4) is 0 Å². The highest BCUT2D eigenvalue weighted by Crippen LogP contribution is 2.18. The van der Waals surface area contributed by atoms with Crippen LogP contribution >= 0.6 is 0 Å². The summed E-state index contributed by atoms with van der Waals surface area (Å²) in [6.45, 7) is 3.54. The summed E-state index contributed by atoms with van der Waals surface area (Å²) in [4.78, 5) is 10.6. The zero-order valence-corrected chi connectivity index (χ0v) is 4.97. The fourth-order valence-electron chi connectivity index (χ4n) is 0.655. The standard InChI is InChI=1S/C6H8O2/c1-3-5-6(7)4(2)8-5/h3-4H,1-2H3. The molecule has 1 fully saturated rings. The molecule has 2 nitrogen and oxygen atoms in total. The van der Waals surface area contributed by atoms with Gasteiger partial charge in [-0.2, -0.15) is 0 Å². The van der Waals surface area contributed by atoms with Crippen molar-refractivity contribution in [1.82, 2.24) is 0 Å². The maximum Gasteiger partial charge on any atom is 0.237 e. The van der Waals surface area contributed by atoms with E-state index in [-0.39, 0.29) is 11.9 Å². The normalized spacial score (nSPS) is 32.0. The van der Waals surface area contributed by atoms with Crippen molar-refractivity contribution in [3.8, 4) is 0 Å².